The van der Waals surface area contributed by atoms with Gasteiger partial charge in [0.05, 0.1) is 13.2 Å². The van der Waals surface area contributed by atoms with Crippen LogP contribution in [0.4, 0.5) is 0 Å². The number of carbonyl (C=O) groups excluding carboxylic acids is 3. The molecule has 1 heterocycles. The van der Waals surface area contributed by atoms with Crippen LogP contribution in [0.1, 0.15) is 206 Å². The summed E-state index contributed by atoms with van der Waals surface area (Å²) < 4.78 is 6.09. The molecule has 1 rings (SSSR count). The lowest BCUT2D eigenvalue weighted by Gasteiger charge is -2.47. The second-order valence-corrected chi connectivity index (χ2v) is 16.2. The quantitative estimate of drug-likeness (QED) is 0.0343. The molecule has 0 spiro atoms. The number of ether oxygens (including phenoxy) is 1. The maximum Gasteiger partial charge on any atom is 0.303 e. The number of amides is 3. The van der Waals surface area contributed by atoms with E-state index >= 15 is 0 Å². The third-order valence-corrected chi connectivity index (χ3v) is 11.1. The Labute approximate surface area is 339 Å². The van der Waals surface area contributed by atoms with Crippen LogP contribution in [-0.4, -0.2) is 99.3 Å². The molecule has 328 valence electrons. The van der Waals surface area contributed by atoms with Crippen molar-refractivity contribution in [3.05, 3.63) is 0 Å². The second-order valence-electron chi connectivity index (χ2n) is 16.2. The minimum Gasteiger partial charge on any atom is -0.481 e. The molecule has 12 nitrogen and oxygen atoms in total. The molecule has 1 fully saturated rings. The van der Waals surface area contributed by atoms with Gasteiger partial charge in [0.1, 0.15) is 24.4 Å². The van der Waals surface area contributed by atoms with Gasteiger partial charge in [-0.2, -0.15) is 0 Å². The van der Waals surface area contributed by atoms with Crippen molar-refractivity contribution in [3.63, 3.8) is 0 Å². The monoisotopic (exact) mass is 798 g/mol. The molecule has 0 aromatic heterocycles. The van der Waals surface area contributed by atoms with Gasteiger partial charge in [0.2, 0.25) is 17.7 Å². The van der Waals surface area contributed by atoms with Crippen molar-refractivity contribution >= 4 is 23.7 Å². The average molecular weight is 798 g/mol. The van der Waals surface area contributed by atoms with E-state index in [4.69, 9.17) is 9.84 Å². The summed E-state index contributed by atoms with van der Waals surface area (Å²) in [5, 5.41) is 45.9. The highest BCUT2D eigenvalue weighted by Crippen LogP contribution is 2.26. The van der Waals surface area contributed by atoms with Crippen LogP contribution >= 0.6 is 0 Å². The zero-order chi connectivity index (χ0) is 41.2. The van der Waals surface area contributed by atoms with Crippen molar-refractivity contribution in [3.8, 4) is 0 Å². The van der Waals surface area contributed by atoms with E-state index in [0.717, 1.165) is 38.5 Å². The van der Waals surface area contributed by atoms with E-state index in [0.29, 0.717) is 32.2 Å². The number of carboxylic acid groups (broad SMARTS) is 1. The van der Waals surface area contributed by atoms with E-state index in [1.807, 2.05) is 0 Å². The van der Waals surface area contributed by atoms with Crippen molar-refractivity contribution in [2.24, 2.45) is 0 Å². The van der Waals surface area contributed by atoms with Gasteiger partial charge in [-0.1, -0.05) is 162 Å². The highest BCUT2D eigenvalue weighted by molar-refractivity contribution is 5.85. The normalized spacial score (nSPS) is 19.5. The van der Waals surface area contributed by atoms with E-state index in [1.165, 1.54) is 109 Å². The summed E-state index contributed by atoms with van der Waals surface area (Å²) in [6, 6.07) is -1.19. The Morgan fingerprint density at radius 3 is 1.45 bits per heavy atom. The number of aliphatic hydroxyl groups is 3. The van der Waals surface area contributed by atoms with E-state index in [-0.39, 0.29) is 25.2 Å². The van der Waals surface area contributed by atoms with Crippen LogP contribution in [0, 0.1) is 0 Å². The number of aliphatic hydroxyl groups excluding tert-OH is 3. The van der Waals surface area contributed by atoms with Gasteiger partial charge in [0.25, 0.3) is 0 Å². The first-order chi connectivity index (χ1) is 27.2. The van der Waals surface area contributed by atoms with Crippen LogP contribution in [0.15, 0.2) is 0 Å². The molecule has 0 aliphatic carbocycles. The predicted octanol–water partition coefficient (Wildman–Crippen LogP) is 7.68. The van der Waals surface area contributed by atoms with Gasteiger partial charge in [0.15, 0.2) is 6.23 Å². The Balaban J connectivity index is 2.75. The van der Waals surface area contributed by atoms with Crippen LogP contribution in [0.5, 0.6) is 0 Å². The topological polar surface area (TPSA) is 186 Å². The van der Waals surface area contributed by atoms with Gasteiger partial charge in [-0.3, -0.25) is 19.2 Å². The maximum atomic E-state index is 13.9. The molecule has 0 saturated carbocycles. The maximum absolute atomic E-state index is 13.9. The molecular formula is C44H83N3O9. The SMILES string of the molecule is CCCCCCCCCCCCCCCCCCN(C(=O)CCCCCCCCCCC)[C@@H]1O[C@H](CO)[C@@H](O)[C@H](O)[C@H]1NC(=O)CNC(=O)CCCCC(=O)O. The van der Waals surface area contributed by atoms with Crippen molar-refractivity contribution in [1.29, 1.82) is 0 Å². The predicted molar refractivity (Wildman–Crippen MR) is 222 cm³/mol. The number of carboxylic acids is 1. The molecule has 6 N–H and O–H groups in total. The summed E-state index contributed by atoms with van der Waals surface area (Å²) >= 11 is 0. The van der Waals surface area contributed by atoms with Gasteiger partial charge < -0.3 is 40.7 Å². The van der Waals surface area contributed by atoms with Crippen molar-refractivity contribution in [2.45, 2.75) is 237 Å². The molecule has 5 atom stereocenters. The summed E-state index contributed by atoms with van der Waals surface area (Å²) in [5.74, 6) is -2.14. The molecule has 56 heavy (non-hydrogen) atoms. The number of carbonyl (C=O) groups is 4. The fourth-order valence-electron chi connectivity index (χ4n) is 7.54. The third-order valence-electron chi connectivity index (χ3n) is 11.1. The minimum absolute atomic E-state index is 0.0420. The second kappa shape index (κ2) is 34.7. The van der Waals surface area contributed by atoms with E-state index < -0.39 is 61.5 Å². The van der Waals surface area contributed by atoms with Crippen LogP contribution in [0.3, 0.4) is 0 Å². The number of unbranched alkanes of at least 4 members (excludes halogenated alkanes) is 24. The Bertz CT molecular complexity index is 1020. The smallest absolute Gasteiger partial charge is 0.303 e. The average Bonchev–Trinajstić information content (AvgIpc) is 3.18. The van der Waals surface area contributed by atoms with Crippen LogP contribution < -0.4 is 10.6 Å². The number of rotatable bonds is 37. The standard InChI is InChI=1S/C44H83N3O9/c1-3-5-7-9-11-13-14-15-16-17-18-19-21-23-25-29-33-47(39(51)31-26-24-22-20-12-10-8-6-4-2)44-41(43(55)42(54)36(35-48)56-44)46-38(50)34-45-37(49)30-27-28-32-40(52)53/h36,41-44,48,54-55H,3-35H2,1-2H3,(H,45,49)(H,46,50)(H,52,53)/t36-,41-,42-,43-,44-/m1/s1. The number of hydrogen-bond acceptors (Lipinski definition) is 8. The fraction of sp³-hybridized carbons (Fsp3) is 0.909. The van der Waals surface area contributed by atoms with Crippen LogP contribution in [0.2, 0.25) is 0 Å². The lowest BCUT2D eigenvalue weighted by atomic mass is 9.94. The summed E-state index contributed by atoms with van der Waals surface area (Å²) in [6.45, 7) is 3.83. The summed E-state index contributed by atoms with van der Waals surface area (Å²) in [7, 11) is 0. The van der Waals surface area contributed by atoms with Gasteiger partial charge in [0, 0.05) is 25.8 Å². The van der Waals surface area contributed by atoms with E-state index in [2.05, 4.69) is 24.5 Å². The lowest BCUT2D eigenvalue weighted by Crippen LogP contribution is -2.69. The third kappa shape index (κ3) is 25.2. The van der Waals surface area contributed by atoms with Crippen molar-refractivity contribution in [1.82, 2.24) is 15.5 Å². The Kier molecular flexibility index (Phi) is 32.1. The zero-order valence-corrected chi connectivity index (χ0v) is 35.5. The molecule has 0 radical (unpaired) electrons. The van der Waals surface area contributed by atoms with Gasteiger partial charge >= 0.3 is 5.97 Å². The van der Waals surface area contributed by atoms with Gasteiger partial charge in [-0.15, -0.1) is 0 Å². The first-order valence-electron chi connectivity index (χ1n) is 22.9. The Morgan fingerprint density at radius 2 is 0.982 bits per heavy atom. The van der Waals surface area contributed by atoms with Crippen LogP contribution in [-0.2, 0) is 23.9 Å². The molecule has 12 heteroatoms. The lowest BCUT2D eigenvalue weighted by molar-refractivity contribution is -0.231. The summed E-state index contributed by atoms with van der Waals surface area (Å²) in [6.07, 6.45) is 25.3. The number of nitrogens with zero attached hydrogens (tertiary/aromatic N) is 1. The highest BCUT2D eigenvalue weighted by atomic mass is 16.5. The zero-order valence-electron chi connectivity index (χ0n) is 35.5. The number of nitrogens with one attached hydrogen (secondary N) is 2. The molecule has 0 bridgehead atoms. The molecule has 3 amide bonds. The Morgan fingerprint density at radius 1 is 0.554 bits per heavy atom. The van der Waals surface area contributed by atoms with Crippen molar-refractivity contribution in [2.75, 3.05) is 19.7 Å². The first kappa shape index (κ1) is 51.7. The molecule has 0 aromatic carbocycles. The Hall–Kier alpha value is -2.28. The molecule has 1 aliphatic heterocycles. The van der Waals surface area contributed by atoms with Crippen molar-refractivity contribution < 1.29 is 44.3 Å². The van der Waals surface area contributed by atoms with E-state index in [9.17, 15) is 34.5 Å². The molecule has 0 unspecified atom stereocenters. The number of hydrogen-bond donors (Lipinski definition) is 6. The van der Waals surface area contributed by atoms with Gasteiger partial charge in [-0.05, 0) is 25.7 Å². The van der Waals surface area contributed by atoms with Gasteiger partial charge in [-0.25, -0.2) is 0 Å². The largest absolute Gasteiger partial charge is 0.481 e. The molecule has 0 aromatic rings. The highest BCUT2D eigenvalue weighted by Gasteiger charge is 2.48. The minimum atomic E-state index is -1.53. The first-order valence-corrected chi connectivity index (χ1v) is 22.9. The summed E-state index contributed by atoms with van der Waals surface area (Å²) in [4.78, 5) is 51.5. The van der Waals surface area contributed by atoms with Crippen LogP contribution in [0.25, 0.3) is 0 Å². The molecule has 1 saturated heterocycles. The van der Waals surface area contributed by atoms with E-state index in [1.54, 1.807) is 4.90 Å². The fourth-order valence-corrected chi connectivity index (χ4v) is 7.54. The number of aliphatic carboxylic acids is 1. The molecule has 1 aliphatic rings. The molecular weight excluding hydrogens is 714 g/mol. The summed E-state index contributed by atoms with van der Waals surface area (Å²) in [5.41, 5.74) is 0.